The van der Waals surface area contributed by atoms with Crippen LogP contribution in [0.15, 0.2) is 42.6 Å². The molecule has 0 aliphatic rings. The summed E-state index contributed by atoms with van der Waals surface area (Å²) in [5.41, 5.74) is 2.66. The van der Waals surface area contributed by atoms with Crippen LogP contribution in [0.25, 0.3) is 22.2 Å². The van der Waals surface area contributed by atoms with Crippen LogP contribution in [0, 0.1) is 6.92 Å². The van der Waals surface area contributed by atoms with Crippen molar-refractivity contribution in [2.75, 3.05) is 0 Å². The van der Waals surface area contributed by atoms with Gasteiger partial charge in [-0.25, -0.2) is 0 Å². The Balaban J connectivity index is 0.00000108. The zero-order valence-electron chi connectivity index (χ0n) is 9.24. The molecule has 4 heteroatoms. The van der Waals surface area contributed by atoms with Crippen LogP contribution in [0.3, 0.4) is 0 Å². The topological polar surface area (TPSA) is 39.9 Å². The van der Waals surface area contributed by atoms with Crippen molar-refractivity contribution in [3.63, 3.8) is 0 Å². The van der Waals surface area contributed by atoms with Gasteiger partial charge in [0.15, 0.2) is 0 Å². The molecule has 2 heterocycles. The van der Waals surface area contributed by atoms with Gasteiger partial charge in [-0.1, -0.05) is 36.0 Å². The fourth-order valence-corrected chi connectivity index (χ4v) is 1.83. The molecule has 3 aromatic rings. The Kier molecular flexibility index (Phi) is 3.34. The molecule has 0 unspecified atom stereocenters. The minimum atomic E-state index is 0. The first kappa shape index (κ1) is 11.9. The number of hydrogen-bond acceptors (Lipinski definition) is 2. The first-order valence-electron chi connectivity index (χ1n) is 5.16. The third-order valence-corrected chi connectivity index (χ3v) is 2.58. The van der Waals surface area contributed by atoms with Crippen molar-refractivity contribution in [3.8, 4) is 11.4 Å². The number of benzene rings is 1. The van der Waals surface area contributed by atoms with E-state index in [4.69, 9.17) is 0 Å². The van der Waals surface area contributed by atoms with E-state index in [1.807, 2.05) is 37.4 Å². The van der Waals surface area contributed by atoms with Gasteiger partial charge in [-0.2, -0.15) is 0 Å². The maximum Gasteiger partial charge on any atom is 1.00 e. The van der Waals surface area contributed by atoms with Crippen LogP contribution in [0.1, 0.15) is 5.69 Å². The van der Waals surface area contributed by atoms with Crippen LogP contribution in [0.2, 0.25) is 0 Å². The number of aryl methyl sites for hydroxylation is 1. The molecule has 0 fully saturated rings. The van der Waals surface area contributed by atoms with Crippen LogP contribution in [-0.2, 0) is 19.5 Å². The maximum atomic E-state index is 4.39. The summed E-state index contributed by atoms with van der Waals surface area (Å²) in [5.74, 6) is 0. The Bertz CT molecular complexity index is 640. The number of nitrogens with zero attached hydrogens (tertiary/aromatic N) is 3. The second kappa shape index (κ2) is 4.76. The second-order valence-electron chi connectivity index (χ2n) is 3.75. The summed E-state index contributed by atoms with van der Waals surface area (Å²) in [5, 5.41) is 10.4. The fraction of sp³-hybridized carbons (Fsp3) is 0.0769. The van der Waals surface area contributed by atoms with E-state index in [0.29, 0.717) is 0 Å². The molecule has 0 spiro atoms. The average Bonchev–Trinajstić information content (AvgIpc) is 2.75. The van der Waals surface area contributed by atoms with Crippen molar-refractivity contribution < 1.29 is 19.5 Å². The number of fused-ring (bicyclic) bond motifs is 1. The first-order valence-corrected chi connectivity index (χ1v) is 5.16. The van der Waals surface area contributed by atoms with Gasteiger partial charge in [0, 0.05) is 17.3 Å². The summed E-state index contributed by atoms with van der Waals surface area (Å²) in [4.78, 5) is 4.39. The summed E-state index contributed by atoms with van der Waals surface area (Å²) >= 11 is 0. The van der Waals surface area contributed by atoms with Gasteiger partial charge >= 0.3 is 19.5 Å². The van der Waals surface area contributed by atoms with Crippen molar-refractivity contribution in [2.24, 2.45) is 0 Å². The smallest absolute Gasteiger partial charge is 0.573 e. The van der Waals surface area contributed by atoms with E-state index >= 15 is 0 Å². The minimum Gasteiger partial charge on any atom is -0.573 e. The van der Waals surface area contributed by atoms with E-state index in [1.165, 1.54) is 5.39 Å². The van der Waals surface area contributed by atoms with Gasteiger partial charge in [-0.15, -0.1) is 0 Å². The molecule has 17 heavy (non-hydrogen) atoms. The van der Waals surface area contributed by atoms with Crippen molar-refractivity contribution in [1.29, 1.82) is 0 Å². The Hall–Kier alpha value is -1.54. The second-order valence-corrected chi connectivity index (χ2v) is 3.75. The third-order valence-electron chi connectivity index (χ3n) is 2.58. The van der Waals surface area contributed by atoms with E-state index in [-0.39, 0.29) is 19.5 Å². The summed E-state index contributed by atoms with van der Waals surface area (Å²) in [6.07, 6.45) is 1.81. The summed E-state index contributed by atoms with van der Waals surface area (Å²) < 4.78 is 0. The van der Waals surface area contributed by atoms with Crippen LogP contribution < -0.4 is 5.10 Å². The molecule has 3 rings (SSSR count). The molecule has 0 amide bonds. The van der Waals surface area contributed by atoms with Crippen LogP contribution >= 0.6 is 0 Å². The Labute approximate surface area is 112 Å². The molecule has 0 atom stereocenters. The van der Waals surface area contributed by atoms with Gasteiger partial charge in [0.25, 0.3) is 0 Å². The van der Waals surface area contributed by atoms with Crippen LogP contribution in [0.5, 0.6) is 0 Å². The largest absolute Gasteiger partial charge is 1.00 e. The van der Waals surface area contributed by atoms with E-state index in [9.17, 15) is 0 Å². The minimum absolute atomic E-state index is 0. The van der Waals surface area contributed by atoms with Gasteiger partial charge in [0.2, 0.25) is 0 Å². The fourth-order valence-electron chi connectivity index (χ4n) is 1.83. The van der Waals surface area contributed by atoms with Gasteiger partial charge in [-0.05, 0) is 18.4 Å². The number of aromatic nitrogens is 3. The van der Waals surface area contributed by atoms with Crippen molar-refractivity contribution >= 4 is 10.8 Å². The van der Waals surface area contributed by atoms with E-state index in [1.54, 1.807) is 0 Å². The normalized spacial score (nSPS) is 10.2. The SMILES string of the molecule is Cc1cc(-c2nccc3ccccc23)[n-]n1.[Ru+]. The van der Waals surface area contributed by atoms with Crippen molar-refractivity contribution in [1.82, 2.24) is 15.2 Å². The van der Waals surface area contributed by atoms with Crippen LogP contribution in [0.4, 0.5) is 0 Å². The Morgan fingerprint density at radius 2 is 1.94 bits per heavy atom. The summed E-state index contributed by atoms with van der Waals surface area (Å²) in [6, 6.07) is 12.1. The molecule has 0 bridgehead atoms. The van der Waals surface area contributed by atoms with Gasteiger partial charge in [0.05, 0.1) is 5.69 Å². The summed E-state index contributed by atoms with van der Waals surface area (Å²) in [6.45, 7) is 1.93. The Morgan fingerprint density at radius 1 is 1.12 bits per heavy atom. The Morgan fingerprint density at radius 3 is 2.71 bits per heavy atom. The molecule has 0 saturated carbocycles. The molecule has 3 nitrogen and oxygen atoms in total. The van der Waals surface area contributed by atoms with E-state index < -0.39 is 0 Å². The number of rotatable bonds is 1. The number of pyridine rings is 1. The van der Waals surface area contributed by atoms with Gasteiger partial charge in [-0.3, -0.25) is 4.98 Å². The molecule has 1 radical (unpaired) electrons. The van der Waals surface area contributed by atoms with Crippen LogP contribution in [-0.4, -0.2) is 10.1 Å². The van der Waals surface area contributed by atoms with Crippen molar-refractivity contribution in [2.45, 2.75) is 6.92 Å². The van der Waals surface area contributed by atoms with E-state index in [2.05, 4.69) is 27.3 Å². The molecule has 0 aliphatic heterocycles. The number of hydrogen-bond donors (Lipinski definition) is 0. The molecular formula is C13H10N3Ru. The monoisotopic (exact) mass is 310 g/mol. The summed E-state index contributed by atoms with van der Waals surface area (Å²) in [7, 11) is 0. The molecule has 85 valence electrons. The molecule has 2 aromatic heterocycles. The molecular weight excluding hydrogens is 299 g/mol. The molecule has 0 aliphatic carbocycles. The third kappa shape index (κ3) is 2.13. The standard InChI is InChI=1S/C13H10N3.Ru/c1-9-8-12(16-15-9)13-11-5-3-2-4-10(11)6-7-14-13;/h2-8H,1H3;/q-1;+1. The quantitative estimate of drug-likeness (QED) is 0.649. The molecule has 0 saturated heterocycles. The predicted octanol–water partition coefficient (Wildman–Crippen LogP) is 2.56. The predicted molar refractivity (Wildman–Crippen MR) is 63.0 cm³/mol. The average molecular weight is 309 g/mol. The maximum absolute atomic E-state index is 4.39. The zero-order chi connectivity index (χ0) is 11.0. The molecule has 1 aromatic carbocycles. The zero-order valence-corrected chi connectivity index (χ0v) is 11.0. The first-order chi connectivity index (χ1) is 7.84. The van der Waals surface area contributed by atoms with Gasteiger partial charge < -0.3 is 10.2 Å². The van der Waals surface area contributed by atoms with Gasteiger partial charge in [0.1, 0.15) is 0 Å². The molecule has 0 N–H and O–H groups in total. The van der Waals surface area contributed by atoms with Crippen molar-refractivity contribution in [3.05, 3.63) is 48.3 Å². The van der Waals surface area contributed by atoms with E-state index in [0.717, 1.165) is 22.5 Å².